The zero-order valence-electron chi connectivity index (χ0n) is 24.7. The Morgan fingerprint density at radius 2 is 0.814 bits per heavy atom. The predicted octanol–water partition coefficient (Wildman–Crippen LogP) is 12.3. The third kappa shape index (κ3) is 10.5. The molecular weight excluding hydrogens is 614 g/mol. The zero-order chi connectivity index (χ0) is 30.3. The lowest BCUT2D eigenvalue weighted by Crippen LogP contribution is -2.15. The molecule has 4 rings (SSSR count). The molecule has 0 aliphatic carbocycles. The molecule has 4 aromatic rings. The van der Waals surface area contributed by atoms with Crippen LogP contribution in [-0.2, 0) is 4.74 Å². The maximum Gasteiger partial charge on any atom is 0.0466 e. The first kappa shape index (κ1) is 33.9. The van der Waals surface area contributed by atoms with Crippen molar-refractivity contribution in [1.29, 1.82) is 0 Å². The molecule has 0 amide bonds. The second-order valence-corrected chi connectivity index (χ2v) is 13.1. The van der Waals surface area contributed by atoms with Crippen molar-refractivity contribution in [2.45, 2.75) is 74.0 Å². The Kier molecular flexibility index (Phi) is 14.8. The third-order valence-corrected chi connectivity index (χ3v) is 9.69. The summed E-state index contributed by atoms with van der Waals surface area (Å²) in [6.07, 6.45) is 8.30. The van der Waals surface area contributed by atoms with E-state index in [0.717, 1.165) is 85.8 Å². The zero-order valence-corrected chi connectivity index (χ0v) is 27.7. The molecular formula is C38H42Cl4O. The van der Waals surface area contributed by atoms with E-state index in [0.29, 0.717) is 0 Å². The van der Waals surface area contributed by atoms with Gasteiger partial charge in [0.25, 0.3) is 0 Å². The molecule has 1 nitrogen and oxygen atoms in total. The summed E-state index contributed by atoms with van der Waals surface area (Å²) in [6, 6.07) is 37.0. The fraction of sp³-hybridized carbons (Fsp3) is 0.368. The maximum absolute atomic E-state index is 7.01. The normalized spacial score (nSPS) is 14.2. The van der Waals surface area contributed by atoms with Crippen molar-refractivity contribution in [1.82, 2.24) is 0 Å². The van der Waals surface area contributed by atoms with Gasteiger partial charge in [-0.2, -0.15) is 0 Å². The molecule has 228 valence electrons. The standard InChI is InChI=1S/C38H42Cl4O/c39-33-23-13-11-21-31(33)37(29-17-5-1-6-18-29)35(41)25-9-3-15-27-43-28-16-4-10-26-36(42)38(30-19-7-2-8-20-30)32-22-12-14-24-34(32)40/h1-2,5-8,11-14,17-24,35-38H,3-4,9-10,15-16,25-28H2. The number of alkyl halides is 2. The van der Waals surface area contributed by atoms with Gasteiger partial charge in [0.2, 0.25) is 0 Å². The van der Waals surface area contributed by atoms with Crippen molar-refractivity contribution >= 4 is 46.4 Å². The first-order chi connectivity index (χ1) is 21.1. The van der Waals surface area contributed by atoms with Gasteiger partial charge in [0.1, 0.15) is 0 Å². The second-order valence-electron chi connectivity index (χ2n) is 11.2. The molecule has 0 bridgehead atoms. The second kappa shape index (κ2) is 18.7. The molecule has 0 saturated carbocycles. The average Bonchev–Trinajstić information content (AvgIpc) is 3.03. The van der Waals surface area contributed by atoms with E-state index in [1.807, 2.05) is 48.5 Å². The lowest BCUT2D eigenvalue weighted by atomic mass is 9.86. The monoisotopic (exact) mass is 654 g/mol. The van der Waals surface area contributed by atoms with Gasteiger partial charge >= 0.3 is 0 Å². The number of hydrogen-bond donors (Lipinski definition) is 0. The van der Waals surface area contributed by atoms with Crippen LogP contribution in [-0.4, -0.2) is 24.0 Å². The van der Waals surface area contributed by atoms with Crippen LogP contribution in [0.25, 0.3) is 0 Å². The molecule has 0 fully saturated rings. The fourth-order valence-corrected chi connectivity index (χ4v) is 7.20. The van der Waals surface area contributed by atoms with Crippen LogP contribution >= 0.6 is 46.4 Å². The van der Waals surface area contributed by atoms with Crippen molar-refractivity contribution in [2.24, 2.45) is 0 Å². The highest BCUT2D eigenvalue weighted by Gasteiger charge is 2.26. The van der Waals surface area contributed by atoms with Gasteiger partial charge < -0.3 is 4.74 Å². The Hall–Kier alpha value is -2.00. The maximum atomic E-state index is 7.01. The number of hydrogen-bond acceptors (Lipinski definition) is 1. The topological polar surface area (TPSA) is 9.23 Å². The molecule has 0 aromatic heterocycles. The summed E-state index contributed by atoms with van der Waals surface area (Å²) < 4.78 is 5.95. The summed E-state index contributed by atoms with van der Waals surface area (Å²) in [5.41, 5.74) is 4.61. The average molecular weight is 657 g/mol. The van der Waals surface area contributed by atoms with Gasteiger partial charge in [-0.25, -0.2) is 0 Å². The largest absolute Gasteiger partial charge is 0.381 e. The van der Waals surface area contributed by atoms with Crippen LogP contribution in [0, 0.1) is 0 Å². The van der Waals surface area contributed by atoms with Crippen molar-refractivity contribution in [3.05, 3.63) is 141 Å². The molecule has 0 aliphatic heterocycles. The quantitative estimate of drug-likeness (QED) is 0.0765. The SMILES string of the molecule is Clc1ccccc1C(c1ccccc1)C(Cl)CCCCCOCCCCCC(Cl)C(c1ccccc1)c1ccccc1Cl. The highest BCUT2D eigenvalue weighted by Crippen LogP contribution is 2.38. The molecule has 0 saturated heterocycles. The van der Waals surface area contributed by atoms with Crippen molar-refractivity contribution in [3.63, 3.8) is 0 Å². The summed E-state index contributed by atoms with van der Waals surface area (Å²) in [7, 11) is 0. The summed E-state index contributed by atoms with van der Waals surface area (Å²) in [5, 5.41) is 1.50. The minimum Gasteiger partial charge on any atom is -0.381 e. The first-order valence-electron chi connectivity index (χ1n) is 15.5. The molecule has 0 aliphatic rings. The van der Waals surface area contributed by atoms with E-state index in [9.17, 15) is 0 Å². The van der Waals surface area contributed by atoms with Crippen molar-refractivity contribution in [2.75, 3.05) is 13.2 Å². The number of rotatable bonds is 18. The van der Waals surface area contributed by atoms with Gasteiger partial charge in [0, 0.05) is 45.8 Å². The Morgan fingerprint density at radius 3 is 1.21 bits per heavy atom. The van der Waals surface area contributed by atoms with E-state index < -0.39 is 0 Å². The van der Waals surface area contributed by atoms with E-state index in [4.69, 9.17) is 51.1 Å². The summed E-state index contributed by atoms with van der Waals surface area (Å²) >= 11 is 27.2. The lowest BCUT2D eigenvalue weighted by molar-refractivity contribution is 0.125. The minimum absolute atomic E-state index is 0.0200. The highest BCUT2D eigenvalue weighted by molar-refractivity contribution is 6.32. The van der Waals surface area contributed by atoms with Gasteiger partial charge in [-0.1, -0.05) is 146 Å². The molecule has 0 spiro atoms. The first-order valence-corrected chi connectivity index (χ1v) is 17.1. The molecule has 4 aromatic carbocycles. The fourth-order valence-electron chi connectivity index (χ4n) is 5.82. The van der Waals surface area contributed by atoms with Crippen LogP contribution < -0.4 is 0 Å². The minimum atomic E-state index is -0.0200. The lowest BCUT2D eigenvalue weighted by Gasteiger charge is -2.24. The number of unbranched alkanes of at least 4 members (excludes halogenated alkanes) is 4. The summed E-state index contributed by atoms with van der Waals surface area (Å²) in [5.74, 6) is 0.154. The van der Waals surface area contributed by atoms with E-state index >= 15 is 0 Å². The van der Waals surface area contributed by atoms with Crippen molar-refractivity contribution < 1.29 is 4.74 Å². The van der Waals surface area contributed by atoms with Crippen LogP contribution in [0.2, 0.25) is 10.0 Å². The van der Waals surface area contributed by atoms with Gasteiger partial charge in [0.05, 0.1) is 0 Å². The van der Waals surface area contributed by atoms with Gasteiger partial charge in [-0.15, -0.1) is 23.2 Å². The number of benzene rings is 4. The van der Waals surface area contributed by atoms with Crippen LogP contribution in [0.5, 0.6) is 0 Å². The van der Waals surface area contributed by atoms with Crippen LogP contribution in [0.3, 0.4) is 0 Å². The smallest absolute Gasteiger partial charge is 0.0466 e. The Morgan fingerprint density at radius 1 is 0.442 bits per heavy atom. The molecule has 4 atom stereocenters. The summed E-state index contributed by atoms with van der Waals surface area (Å²) in [6.45, 7) is 1.58. The Balaban J connectivity index is 1.12. The number of ether oxygens (including phenoxy) is 1. The van der Waals surface area contributed by atoms with Gasteiger partial charge in [0.15, 0.2) is 0 Å². The molecule has 4 unspecified atom stereocenters. The van der Waals surface area contributed by atoms with Crippen LogP contribution in [0.15, 0.2) is 109 Å². The van der Waals surface area contributed by atoms with E-state index in [1.54, 1.807) is 0 Å². The van der Waals surface area contributed by atoms with Crippen LogP contribution in [0.4, 0.5) is 0 Å². The van der Waals surface area contributed by atoms with Gasteiger partial charge in [-0.3, -0.25) is 0 Å². The predicted molar refractivity (Wildman–Crippen MR) is 187 cm³/mol. The molecule has 43 heavy (non-hydrogen) atoms. The Labute approximate surface area is 278 Å². The third-order valence-electron chi connectivity index (χ3n) is 8.06. The highest BCUT2D eigenvalue weighted by atomic mass is 35.5. The number of halogens is 4. The van der Waals surface area contributed by atoms with Gasteiger partial charge in [-0.05, 0) is 60.1 Å². The summed E-state index contributed by atoms with van der Waals surface area (Å²) in [4.78, 5) is 0. The van der Waals surface area contributed by atoms with E-state index in [1.165, 1.54) is 11.1 Å². The molecule has 0 radical (unpaired) electrons. The van der Waals surface area contributed by atoms with E-state index in [2.05, 4.69) is 60.7 Å². The van der Waals surface area contributed by atoms with E-state index in [-0.39, 0.29) is 22.6 Å². The Bertz CT molecular complexity index is 1230. The molecule has 0 heterocycles. The molecule has 5 heteroatoms. The molecule has 0 N–H and O–H groups in total. The van der Waals surface area contributed by atoms with Crippen molar-refractivity contribution in [3.8, 4) is 0 Å². The van der Waals surface area contributed by atoms with Crippen LogP contribution in [0.1, 0.15) is 85.5 Å².